The third-order valence-corrected chi connectivity index (χ3v) is 5.23. The number of ketones is 1. The largest absolute Gasteiger partial charge is 0.466 e. The smallest absolute Gasteiger partial charge is 0.306 e. The van der Waals surface area contributed by atoms with E-state index in [9.17, 15) is 9.59 Å². The Morgan fingerprint density at radius 1 is 1.29 bits per heavy atom. The maximum atomic E-state index is 12.7. The summed E-state index contributed by atoms with van der Waals surface area (Å²) in [6.45, 7) is 4.21. The summed E-state index contributed by atoms with van der Waals surface area (Å²) in [5.41, 5.74) is 1.90. The first-order chi connectivity index (χ1) is 10.1. The molecule has 114 valence electrons. The zero-order valence-corrected chi connectivity index (χ0v) is 13.4. The van der Waals surface area contributed by atoms with Crippen LogP contribution < -0.4 is 0 Å². The average Bonchev–Trinajstić information content (AvgIpc) is 2.48. The van der Waals surface area contributed by atoms with Crippen molar-refractivity contribution in [1.82, 2.24) is 0 Å². The number of thioether (sulfide) groups is 1. The van der Waals surface area contributed by atoms with E-state index in [0.717, 1.165) is 29.7 Å². The highest BCUT2D eigenvalue weighted by Gasteiger charge is 2.33. The Morgan fingerprint density at radius 2 is 2.00 bits per heavy atom. The lowest BCUT2D eigenvalue weighted by Gasteiger charge is -2.29. The second-order valence-corrected chi connectivity index (χ2v) is 6.74. The van der Waals surface area contributed by atoms with Crippen molar-refractivity contribution in [2.75, 3.05) is 12.4 Å². The van der Waals surface area contributed by atoms with E-state index >= 15 is 0 Å². The SMILES string of the molecule is CCOC(=O)C[C@@H]1SCCC[C@H]1C(=O)c1ccc(C)cc1. The molecule has 0 bridgehead atoms. The predicted octanol–water partition coefficient (Wildman–Crippen LogP) is 3.64. The van der Waals surface area contributed by atoms with Gasteiger partial charge in [0.2, 0.25) is 0 Å². The van der Waals surface area contributed by atoms with Crippen molar-refractivity contribution in [3.8, 4) is 0 Å². The van der Waals surface area contributed by atoms with Crippen molar-refractivity contribution in [1.29, 1.82) is 0 Å². The molecule has 0 spiro atoms. The minimum absolute atomic E-state index is 0.0478. The number of aryl methyl sites for hydroxylation is 1. The number of hydrogen-bond acceptors (Lipinski definition) is 4. The summed E-state index contributed by atoms with van der Waals surface area (Å²) in [5.74, 6) is 0.910. The maximum absolute atomic E-state index is 12.7. The number of Topliss-reactive ketones (excluding diaryl/α,β-unsaturated/α-hetero) is 1. The van der Waals surface area contributed by atoms with E-state index in [1.165, 1.54) is 0 Å². The zero-order chi connectivity index (χ0) is 15.2. The van der Waals surface area contributed by atoms with Crippen LogP contribution in [0, 0.1) is 12.8 Å². The first-order valence-electron chi connectivity index (χ1n) is 7.50. The molecule has 21 heavy (non-hydrogen) atoms. The highest BCUT2D eigenvalue weighted by molar-refractivity contribution is 8.00. The number of carbonyl (C=O) groups is 2. The number of ether oxygens (including phenoxy) is 1. The molecule has 0 unspecified atom stereocenters. The Labute approximate surface area is 130 Å². The van der Waals surface area contributed by atoms with E-state index in [0.29, 0.717) is 13.0 Å². The predicted molar refractivity (Wildman–Crippen MR) is 85.7 cm³/mol. The second kappa shape index (κ2) is 7.64. The van der Waals surface area contributed by atoms with Gasteiger partial charge in [-0.05, 0) is 32.4 Å². The van der Waals surface area contributed by atoms with E-state index in [1.54, 1.807) is 18.7 Å². The molecule has 1 aromatic carbocycles. The molecule has 0 radical (unpaired) electrons. The van der Waals surface area contributed by atoms with Crippen LogP contribution in [0.25, 0.3) is 0 Å². The van der Waals surface area contributed by atoms with Crippen molar-refractivity contribution < 1.29 is 14.3 Å². The lowest BCUT2D eigenvalue weighted by molar-refractivity contribution is -0.143. The van der Waals surface area contributed by atoms with E-state index in [2.05, 4.69) is 0 Å². The Hall–Kier alpha value is -1.29. The van der Waals surface area contributed by atoms with Crippen molar-refractivity contribution in [3.63, 3.8) is 0 Å². The van der Waals surface area contributed by atoms with Crippen LogP contribution in [0.4, 0.5) is 0 Å². The van der Waals surface area contributed by atoms with Gasteiger partial charge in [0.1, 0.15) is 0 Å². The molecule has 0 N–H and O–H groups in total. The third kappa shape index (κ3) is 4.34. The van der Waals surface area contributed by atoms with Crippen LogP contribution in [-0.4, -0.2) is 29.4 Å². The molecule has 1 aliphatic heterocycles. The summed E-state index contributed by atoms with van der Waals surface area (Å²) in [6.07, 6.45) is 2.23. The molecule has 2 atom stereocenters. The molecule has 3 nitrogen and oxygen atoms in total. The summed E-state index contributed by atoms with van der Waals surface area (Å²) < 4.78 is 5.03. The molecule has 1 fully saturated rings. The standard InChI is InChI=1S/C17H22O3S/c1-3-20-16(18)11-15-14(5-4-10-21-15)17(19)13-8-6-12(2)7-9-13/h6-9,14-15H,3-5,10-11H2,1-2H3/t14-,15+/m1/s1. The Kier molecular flexibility index (Phi) is 5.85. The number of esters is 1. The van der Waals surface area contributed by atoms with Crippen molar-refractivity contribution >= 4 is 23.5 Å². The highest BCUT2D eigenvalue weighted by atomic mass is 32.2. The number of rotatable bonds is 5. The lowest BCUT2D eigenvalue weighted by Crippen LogP contribution is -2.32. The normalized spacial score (nSPS) is 21.8. The molecule has 1 heterocycles. The average molecular weight is 306 g/mol. The zero-order valence-electron chi connectivity index (χ0n) is 12.6. The van der Waals surface area contributed by atoms with Gasteiger partial charge in [-0.15, -0.1) is 0 Å². The lowest BCUT2D eigenvalue weighted by atomic mass is 9.88. The minimum Gasteiger partial charge on any atom is -0.466 e. The summed E-state index contributed by atoms with van der Waals surface area (Å²) in [4.78, 5) is 24.4. The maximum Gasteiger partial charge on any atom is 0.306 e. The van der Waals surface area contributed by atoms with Crippen LogP contribution in [0.15, 0.2) is 24.3 Å². The fourth-order valence-electron chi connectivity index (χ4n) is 2.66. The van der Waals surface area contributed by atoms with Gasteiger partial charge in [-0.3, -0.25) is 9.59 Å². The van der Waals surface area contributed by atoms with Crippen LogP contribution in [0.5, 0.6) is 0 Å². The first kappa shape index (κ1) is 16.1. The van der Waals surface area contributed by atoms with Gasteiger partial charge in [0, 0.05) is 16.7 Å². The topological polar surface area (TPSA) is 43.4 Å². The fourth-order valence-corrected chi connectivity index (χ4v) is 4.04. The number of benzene rings is 1. The molecular weight excluding hydrogens is 284 g/mol. The number of hydrogen-bond donors (Lipinski definition) is 0. The van der Waals surface area contributed by atoms with Crippen molar-refractivity contribution in [2.45, 2.75) is 38.4 Å². The first-order valence-corrected chi connectivity index (χ1v) is 8.54. The highest BCUT2D eigenvalue weighted by Crippen LogP contribution is 2.35. The molecule has 1 aliphatic rings. The molecule has 4 heteroatoms. The number of carbonyl (C=O) groups excluding carboxylic acids is 2. The Bertz CT molecular complexity index is 495. The monoisotopic (exact) mass is 306 g/mol. The van der Waals surface area contributed by atoms with Crippen LogP contribution in [0.3, 0.4) is 0 Å². The molecule has 1 saturated heterocycles. The Morgan fingerprint density at radius 3 is 2.67 bits per heavy atom. The Balaban J connectivity index is 2.08. The fraction of sp³-hybridized carbons (Fsp3) is 0.529. The summed E-state index contributed by atoms with van der Waals surface area (Å²) >= 11 is 1.73. The van der Waals surface area contributed by atoms with Crippen molar-refractivity contribution in [2.24, 2.45) is 5.92 Å². The van der Waals surface area contributed by atoms with Gasteiger partial charge in [-0.2, -0.15) is 11.8 Å². The molecule has 0 saturated carbocycles. The van der Waals surface area contributed by atoms with Crippen LogP contribution in [0.1, 0.15) is 42.1 Å². The van der Waals surface area contributed by atoms with Gasteiger partial charge in [-0.25, -0.2) is 0 Å². The third-order valence-electron chi connectivity index (χ3n) is 3.79. The molecule has 2 rings (SSSR count). The van der Waals surface area contributed by atoms with Gasteiger partial charge in [0.15, 0.2) is 5.78 Å². The molecule has 0 aromatic heterocycles. The van der Waals surface area contributed by atoms with E-state index in [4.69, 9.17) is 4.74 Å². The quantitative estimate of drug-likeness (QED) is 0.615. The van der Waals surface area contributed by atoms with Gasteiger partial charge in [0.05, 0.1) is 13.0 Å². The molecule has 0 amide bonds. The summed E-state index contributed by atoms with van der Waals surface area (Å²) in [5, 5.41) is 0.0478. The molecule has 0 aliphatic carbocycles. The van der Waals surface area contributed by atoms with Crippen LogP contribution in [-0.2, 0) is 9.53 Å². The van der Waals surface area contributed by atoms with Gasteiger partial charge in [-0.1, -0.05) is 29.8 Å². The van der Waals surface area contributed by atoms with E-state index in [-0.39, 0.29) is 22.9 Å². The van der Waals surface area contributed by atoms with Crippen LogP contribution >= 0.6 is 11.8 Å². The minimum atomic E-state index is -0.196. The van der Waals surface area contributed by atoms with E-state index < -0.39 is 0 Å². The second-order valence-electron chi connectivity index (χ2n) is 5.40. The van der Waals surface area contributed by atoms with E-state index in [1.807, 2.05) is 31.2 Å². The van der Waals surface area contributed by atoms with Crippen LogP contribution in [0.2, 0.25) is 0 Å². The van der Waals surface area contributed by atoms with Gasteiger partial charge >= 0.3 is 5.97 Å². The van der Waals surface area contributed by atoms with Gasteiger partial charge in [0.25, 0.3) is 0 Å². The summed E-state index contributed by atoms with van der Waals surface area (Å²) in [6, 6.07) is 7.70. The van der Waals surface area contributed by atoms with Crippen molar-refractivity contribution in [3.05, 3.63) is 35.4 Å². The summed E-state index contributed by atoms with van der Waals surface area (Å²) in [7, 11) is 0. The molecular formula is C17H22O3S. The van der Waals surface area contributed by atoms with Gasteiger partial charge < -0.3 is 4.74 Å². The molecule has 1 aromatic rings.